The summed E-state index contributed by atoms with van der Waals surface area (Å²) in [6, 6.07) is 6.28. The average Bonchev–Trinajstić information content (AvgIpc) is 2.92. The number of unbranched alkanes of at least 4 members (excludes halogenated alkanes) is 4. The minimum atomic E-state index is 0.246. The smallest absolute Gasteiger partial charge is 0.155 e. The molecule has 0 amide bonds. The number of carbonyl (C=O) groups is 1. The van der Waals surface area contributed by atoms with Crippen molar-refractivity contribution in [2.75, 3.05) is 0 Å². The quantitative estimate of drug-likeness (QED) is 0.484. The normalized spacial score (nSPS) is 12.0. The number of aryl methyl sites for hydroxylation is 1. The number of aromatic nitrogens is 1. The fourth-order valence-electron chi connectivity index (χ4n) is 2.93. The zero-order valence-electron chi connectivity index (χ0n) is 14.0. The third-order valence-corrected chi connectivity index (χ3v) is 4.25. The molecule has 1 N–H and O–H groups in total. The molecule has 0 bridgehead atoms. The van der Waals surface area contributed by atoms with Crippen LogP contribution in [0.15, 0.2) is 30.5 Å². The van der Waals surface area contributed by atoms with Gasteiger partial charge in [-0.3, -0.25) is 4.79 Å². The van der Waals surface area contributed by atoms with Crippen LogP contribution in [-0.2, 0) is 4.79 Å². The van der Waals surface area contributed by atoms with Crippen LogP contribution in [0.3, 0.4) is 0 Å². The molecule has 2 nitrogen and oxygen atoms in total. The van der Waals surface area contributed by atoms with E-state index in [9.17, 15) is 4.79 Å². The summed E-state index contributed by atoms with van der Waals surface area (Å²) in [6.45, 7) is 6.34. The number of para-hydroxylation sites is 1. The molecule has 2 rings (SSSR count). The van der Waals surface area contributed by atoms with Gasteiger partial charge in [-0.05, 0) is 37.5 Å². The van der Waals surface area contributed by atoms with E-state index >= 15 is 0 Å². The van der Waals surface area contributed by atoms with Crippen LogP contribution in [0.25, 0.3) is 16.5 Å². The van der Waals surface area contributed by atoms with E-state index in [1.807, 2.05) is 19.2 Å². The summed E-state index contributed by atoms with van der Waals surface area (Å²) < 4.78 is 0. The second kappa shape index (κ2) is 7.98. The third kappa shape index (κ3) is 4.09. The van der Waals surface area contributed by atoms with Gasteiger partial charge in [0.25, 0.3) is 0 Å². The summed E-state index contributed by atoms with van der Waals surface area (Å²) in [5.41, 5.74) is 4.59. The fourth-order valence-corrected chi connectivity index (χ4v) is 2.93. The largest absolute Gasteiger partial charge is 0.360 e. The van der Waals surface area contributed by atoms with Crippen molar-refractivity contribution in [2.45, 2.75) is 59.3 Å². The predicted molar refractivity (Wildman–Crippen MR) is 95.1 cm³/mol. The monoisotopic (exact) mass is 297 g/mol. The number of fused-ring (bicyclic) bond motifs is 1. The van der Waals surface area contributed by atoms with Gasteiger partial charge in [0.05, 0.1) is 0 Å². The number of H-pyrrole nitrogens is 1. The summed E-state index contributed by atoms with van der Waals surface area (Å²) in [6.07, 6.45) is 10.4. The van der Waals surface area contributed by atoms with Crippen LogP contribution < -0.4 is 0 Å². The van der Waals surface area contributed by atoms with Crippen molar-refractivity contribution < 1.29 is 4.79 Å². The van der Waals surface area contributed by atoms with Crippen molar-refractivity contribution in [1.82, 2.24) is 4.98 Å². The highest BCUT2D eigenvalue weighted by Gasteiger charge is 2.08. The second-order valence-corrected chi connectivity index (χ2v) is 6.16. The molecule has 118 valence electrons. The Bertz CT molecular complexity index is 663. The summed E-state index contributed by atoms with van der Waals surface area (Å²) in [5.74, 6) is 0.246. The molecule has 2 heteroatoms. The Morgan fingerprint density at radius 2 is 1.95 bits per heavy atom. The average molecular weight is 297 g/mol. The van der Waals surface area contributed by atoms with Crippen molar-refractivity contribution >= 4 is 22.3 Å². The SMILES string of the molecule is CCCCCCCC(=O)/C=C(\C)c1c[nH]c2c(C)cccc12. The number of allylic oxidation sites excluding steroid dienone is 2. The van der Waals surface area contributed by atoms with Crippen LogP contribution in [0.4, 0.5) is 0 Å². The summed E-state index contributed by atoms with van der Waals surface area (Å²) in [7, 11) is 0. The highest BCUT2D eigenvalue weighted by atomic mass is 16.1. The first-order valence-corrected chi connectivity index (χ1v) is 8.41. The van der Waals surface area contributed by atoms with Gasteiger partial charge in [-0.2, -0.15) is 0 Å². The van der Waals surface area contributed by atoms with Crippen molar-refractivity contribution in [3.05, 3.63) is 41.6 Å². The number of hydrogen-bond acceptors (Lipinski definition) is 1. The summed E-state index contributed by atoms with van der Waals surface area (Å²) >= 11 is 0. The van der Waals surface area contributed by atoms with Crippen molar-refractivity contribution in [2.24, 2.45) is 0 Å². The molecule has 22 heavy (non-hydrogen) atoms. The first-order chi connectivity index (χ1) is 10.6. The second-order valence-electron chi connectivity index (χ2n) is 6.16. The Hall–Kier alpha value is -1.83. The predicted octanol–water partition coefficient (Wildman–Crippen LogP) is 5.81. The van der Waals surface area contributed by atoms with Gasteiger partial charge in [-0.25, -0.2) is 0 Å². The maximum Gasteiger partial charge on any atom is 0.155 e. The van der Waals surface area contributed by atoms with E-state index in [1.165, 1.54) is 36.6 Å². The first-order valence-electron chi connectivity index (χ1n) is 8.41. The molecule has 0 atom stereocenters. The van der Waals surface area contributed by atoms with E-state index in [2.05, 4.69) is 37.0 Å². The van der Waals surface area contributed by atoms with Gasteiger partial charge in [0.1, 0.15) is 0 Å². The van der Waals surface area contributed by atoms with E-state index in [4.69, 9.17) is 0 Å². The molecule has 2 aromatic rings. The van der Waals surface area contributed by atoms with E-state index in [-0.39, 0.29) is 5.78 Å². The molecular formula is C20H27NO. The Kier molecular flexibility index (Phi) is 6.00. The maximum atomic E-state index is 12.1. The lowest BCUT2D eigenvalue weighted by Crippen LogP contribution is -1.94. The van der Waals surface area contributed by atoms with Crippen LogP contribution in [0.2, 0.25) is 0 Å². The molecule has 0 saturated carbocycles. The van der Waals surface area contributed by atoms with Crippen molar-refractivity contribution in [3.8, 4) is 0 Å². The number of nitrogens with one attached hydrogen (secondary N) is 1. The van der Waals surface area contributed by atoms with Crippen LogP contribution in [0.1, 0.15) is 63.5 Å². The lowest BCUT2D eigenvalue weighted by molar-refractivity contribution is -0.114. The van der Waals surface area contributed by atoms with Gasteiger partial charge < -0.3 is 4.98 Å². The Balaban J connectivity index is 2.01. The van der Waals surface area contributed by atoms with E-state index in [0.717, 1.165) is 23.1 Å². The van der Waals surface area contributed by atoms with Gasteiger partial charge in [-0.15, -0.1) is 0 Å². The third-order valence-electron chi connectivity index (χ3n) is 4.25. The lowest BCUT2D eigenvalue weighted by Gasteiger charge is -2.02. The number of aromatic amines is 1. The Morgan fingerprint density at radius 1 is 1.18 bits per heavy atom. The van der Waals surface area contributed by atoms with Gasteiger partial charge in [0.15, 0.2) is 5.78 Å². The molecule has 1 aromatic carbocycles. The number of rotatable bonds is 8. The fraction of sp³-hybridized carbons (Fsp3) is 0.450. The van der Waals surface area contributed by atoms with Crippen molar-refractivity contribution in [1.29, 1.82) is 0 Å². The molecule has 0 fully saturated rings. The zero-order valence-corrected chi connectivity index (χ0v) is 14.0. The standard InChI is InChI=1S/C20H27NO/c1-4-5-6-7-8-11-17(22)13-16(3)19-14-21-20-15(2)10-9-12-18(19)20/h9-10,12-14,21H,4-8,11H2,1-3H3/b16-13+. The van der Waals surface area contributed by atoms with Crippen LogP contribution in [-0.4, -0.2) is 10.8 Å². The van der Waals surface area contributed by atoms with Gasteiger partial charge in [-0.1, -0.05) is 50.8 Å². The van der Waals surface area contributed by atoms with E-state index in [0.29, 0.717) is 6.42 Å². The van der Waals surface area contributed by atoms with Crippen LogP contribution in [0, 0.1) is 6.92 Å². The van der Waals surface area contributed by atoms with Gasteiger partial charge >= 0.3 is 0 Å². The Labute approximate surface area is 133 Å². The zero-order chi connectivity index (χ0) is 15.9. The summed E-state index contributed by atoms with van der Waals surface area (Å²) in [4.78, 5) is 15.4. The number of hydrogen-bond donors (Lipinski definition) is 1. The number of ketones is 1. The highest BCUT2D eigenvalue weighted by Crippen LogP contribution is 2.26. The van der Waals surface area contributed by atoms with E-state index in [1.54, 1.807) is 0 Å². The highest BCUT2D eigenvalue weighted by molar-refractivity contribution is 6.01. The molecule has 0 aliphatic rings. The van der Waals surface area contributed by atoms with E-state index < -0.39 is 0 Å². The Morgan fingerprint density at radius 3 is 2.73 bits per heavy atom. The minimum absolute atomic E-state index is 0.246. The summed E-state index contributed by atoms with van der Waals surface area (Å²) in [5, 5.41) is 1.20. The molecule has 0 aliphatic heterocycles. The topological polar surface area (TPSA) is 32.9 Å². The minimum Gasteiger partial charge on any atom is -0.360 e. The van der Waals surface area contributed by atoms with Crippen LogP contribution in [0.5, 0.6) is 0 Å². The molecule has 0 aliphatic carbocycles. The molecule has 1 heterocycles. The van der Waals surface area contributed by atoms with Gasteiger partial charge in [0, 0.05) is 29.1 Å². The number of carbonyl (C=O) groups excluding carboxylic acids is 1. The molecular weight excluding hydrogens is 270 g/mol. The van der Waals surface area contributed by atoms with Crippen molar-refractivity contribution in [3.63, 3.8) is 0 Å². The molecule has 1 aromatic heterocycles. The first kappa shape index (κ1) is 16.5. The maximum absolute atomic E-state index is 12.1. The molecule has 0 radical (unpaired) electrons. The lowest BCUT2D eigenvalue weighted by atomic mass is 10.0. The van der Waals surface area contributed by atoms with Crippen LogP contribution >= 0.6 is 0 Å². The molecule has 0 unspecified atom stereocenters. The molecule has 0 spiro atoms. The van der Waals surface area contributed by atoms with Gasteiger partial charge in [0.2, 0.25) is 0 Å². The molecule has 0 saturated heterocycles. The number of benzene rings is 1.